The van der Waals surface area contributed by atoms with Gasteiger partial charge in [0.25, 0.3) is 0 Å². The molecule has 0 aromatic heterocycles. The van der Waals surface area contributed by atoms with Gasteiger partial charge in [0.05, 0.1) is 6.10 Å². The molecule has 1 unspecified atom stereocenters. The topological polar surface area (TPSA) is 20.2 Å². The van der Waals surface area contributed by atoms with Crippen LogP contribution in [0.3, 0.4) is 0 Å². The van der Waals surface area contributed by atoms with Crippen LogP contribution in [-0.4, -0.2) is 11.2 Å². The zero-order valence-corrected chi connectivity index (χ0v) is 7.50. The molecular weight excluding hydrogens is 186 g/mol. The Labute approximate surface area is 80.7 Å². The highest BCUT2D eigenvalue weighted by atomic mass is 19.1. The van der Waals surface area contributed by atoms with Gasteiger partial charge in [-0.3, -0.25) is 0 Å². The molecule has 74 valence electrons. The van der Waals surface area contributed by atoms with E-state index in [1.165, 1.54) is 0 Å². The molecule has 0 saturated heterocycles. The molecule has 1 aromatic carbocycles. The molecule has 1 nitrogen and oxygen atoms in total. The summed E-state index contributed by atoms with van der Waals surface area (Å²) in [6.07, 6.45) is 2.39. The molecule has 14 heavy (non-hydrogen) atoms. The Kier molecular flexibility index (Phi) is 2.33. The van der Waals surface area contributed by atoms with E-state index < -0.39 is 17.7 Å². The lowest BCUT2D eigenvalue weighted by molar-refractivity contribution is 0.231. The van der Waals surface area contributed by atoms with Crippen LogP contribution in [0.5, 0.6) is 0 Å². The zero-order chi connectivity index (χ0) is 10.1. The van der Waals surface area contributed by atoms with Crippen molar-refractivity contribution in [1.82, 2.24) is 0 Å². The Bertz CT molecular complexity index is 385. The lowest BCUT2D eigenvalue weighted by Crippen LogP contribution is -2.05. The van der Waals surface area contributed by atoms with Gasteiger partial charge >= 0.3 is 0 Å². The van der Waals surface area contributed by atoms with Crippen molar-refractivity contribution >= 4 is 5.57 Å². The monoisotopic (exact) mass is 196 g/mol. The second-order valence-corrected chi connectivity index (χ2v) is 3.38. The van der Waals surface area contributed by atoms with E-state index >= 15 is 0 Å². The van der Waals surface area contributed by atoms with Gasteiger partial charge in [-0.1, -0.05) is 6.08 Å². The van der Waals surface area contributed by atoms with Crippen LogP contribution in [0.25, 0.3) is 5.57 Å². The third-order valence-corrected chi connectivity index (χ3v) is 2.40. The minimum Gasteiger partial charge on any atom is -0.388 e. The summed E-state index contributed by atoms with van der Waals surface area (Å²) in [4.78, 5) is 0. The Balaban J connectivity index is 2.45. The normalized spacial score (nSPS) is 21.1. The van der Waals surface area contributed by atoms with Crippen molar-refractivity contribution in [2.24, 2.45) is 0 Å². The zero-order valence-electron chi connectivity index (χ0n) is 7.50. The maximum absolute atomic E-state index is 13.3. The summed E-state index contributed by atoms with van der Waals surface area (Å²) in [7, 11) is 0. The second-order valence-electron chi connectivity index (χ2n) is 3.38. The third kappa shape index (κ3) is 1.55. The second kappa shape index (κ2) is 3.50. The number of halogens is 2. The van der Waals surface area contributed by atoms with Crippen LogP contribution >= 0.6 is 0 Å². The van der Waals surface area contributed by atoms with Gasteiger partial charge in [-0.25, -0.2) is 8.78 Å². The van der Waals surface area contributed by atoms with Crippen LogP contribution < -0.4 is 0 Å². The van der Waals surface area contributed by atoms with Crippen molar-refractivity contribution < 1.29 is 13.9 Å². The Morgan fingerprint density at radius 2 is 2.07 bits per heavy atom. The quantitative estimate of drug-likeness (QED) is 0.731. The molecule has 0 radical (unpaired) electrons. The first-order valence-electron chi connectivity index (χ1n) is 4.52. The number of aliphatic hydroxyl groups is 1. The van der Waals surface area contributed by atoms with Crippen LogP contribution in [-0.2, 0) is 0 Å². The number of aliphatic hydroxyl groups excluding tert-OH is 1. The van der Waals surface area contributed by atoms with Crippen LogP contribution in [0, 0.1) is 11.6 Å². The predicted molar refractivity (Wildman–Crippen MR) is 49.6 cm³/mol. The molecular formula is C11H10F2O. The number of allylic oxidation sites excluding steroid dienone is 1. The third-order valence-electron chi connectivity index (χ3n) is 2.40. The lowest BCUT2D eigenvalue weighted by atomic mass is 10.0. The van der Waals surface area contributed by atoms with Gasteiger partial charge in [-0.15, -0.1) is 0 Å². The number of rotatable bonds is 1. The highest BCUT2D eigenvalue weighted by molar-refractivity contribution is 5.70. The van der Waals surface area contributed by atoms with Crippen molar-refractivity contribution in [1.29, 1.82) is 0 Å². The van der Waals surface area contributed by atoms with E-state index in [4.69, 9.17) is 0 Å². The Hall–Kier alpha value is -1.22. The maximum atomic E-state index is 13.3. The molecule has 0 amide bonds. The van der Waals surface area contributed by atoms with E-state index in [0.29, 0.717) is 18.4 Å². The van der Waals surface area contributed by atoms with Crippen LogP contribution in [0.2, 0.25) is 0 Å². The fourth-order valence-corrected chi connectivity index (χ4v) is 1.70. The molecule has 1 atom stereocenters. The van der Waals surface area contributed by atoms with Crippen LogP contribution in [0.4, 0.5) is 8.78 Å². The maximum Gasteiger partial charge on any atom is 0.130 e. The molecule has 2 rings (SSSR count). The van der Waals surface area contributed by atoms with E-state index in [-0.39, 0.29) is 5.56 Å². The van der Waals surface area contributed by atoms with E-state index in [9.17, 15) is 13.9 Å². The minimum atomic E-state index is -0.661. The minimum absolute atomic E-state index is 0.176. The molecule has 3 heteroatoms. The first kappa shape index (κ1) is 9.34. The molecule has 0 fully saturated rings. The van der Waals surface area contributed by atoms with Crippen LogP contribution in [0.1, 0.15) is 18.4 Å². The van der Waals surface area contributed by atoms with Crippen molar-refractivity contribution in [3.05, 3.63) is 41.5 Å². The fraction of sp³-hybridized carbons (Fsp3) is 0.273. The molecule has 1 N–H and O–H groups in total. The average molecular weight is 196 g/mol. The van der Waals surface area contributed by atoms with Gasteiger partial charge in [0.1, 0.15) is 11.6 Å². The van der Waals surface area contributed by atoms with Gasteiger partial charge in [-0.2, -0.15) is 0 Å². The standard InChI is InChI=1S/C11H10F2O/c12-7-4-5-10(13)9(6-7)8-2-1-3-11(8)14/h2,4-6,11,14H,1,3H2. The summed E-state index contributed by atoms with van der Waals surface area (Å²) in [5.74, 6) is -0.972. The summed E-state index contributed by atoms with van der Waals surface area (Å²) in [6, 6.07) is 3.27. The average Bonchev–Trinajstić information content (AvgIpc) is 2.56. The van der Waals surface area contributed by atoms with Gasteiger partial charge in [0.15, 0.2) is 0 Å². The van der Waals surface area contributed by atoms with Crippen molar-refractivity contribution in [2.75, 3.05) is 0 Å². The van der Waals surface area contributed by atoms with E-state index in [1.807, 2.05) is 0 Å². The molecule has 0 spiro atoms. The number of benzene rings is 1. The van der Waals surface area contributed by atoms with Crippen LogP contribution in [0.15, 0.2) is 24.3 Å². The first-order chi connectivity index (χ1) is 6.68. The lowest BCUT2D eigenvalue weighted by Gasteiger charge is -2.09. The molecule has 0 saturated carbocycles. The Morgan fingerprint density at radius 1 is 1.29 bits per heavy atom. The molecule has 1 aromatic rings. The van der Waals surface area contributed by atoms with Crippen molar-refractivity contribution in [3.63, 3.8) is 0 Å². The summed E-state index contributed by atoms with van der Waals surface area (Å²) in [5, 5.41) is 9.50. The summed E-state index contributed by atoms with van der Waals surface area (Å²) in [6.45, 7) is 0. The molecule has 0 aliphatic heterocycles. The van der Waals surface area contributed by atoms with Gasteiger partial charge in [-0.05, 0) is 36.6 Å². The van der Waals surface area contributed by atoms with E-state index in [0.717, 1.165) is 18.2 Å². The fourth-order valence-electron chi connectivity index (χ4n) is 1.70. The largest absolute Gasteiger partial charge is 0.388 e. The van der Waals surface area contributed by atoms with Gasteiger partial charge in [0, 0.05) is 5.56 Å². The summed E-state index contributed by atoms with van der Waals surface area (Å²) >= 11 is 0. The van der Waals surface area contributed by atoms with E-state index in [2.05, 4.69) is 0 Å². The molecule has 0 bridgehead atoms. The first-order valence-corrected chi connectivity index (χ1v) is 4.52. The smallest absolute Gasteiger partial charge is 0.130 e. The van der Waals surface area contributed by atoms with Crippen molar-refractivity contribution in [3.8, 4) is 0 Å². The number of hydrogen-bond donors (Lipinski definition) is 1. The summed E-state index contributed by atoms with van der Waals surface area (Å²) in [5.41, 5.74) is 0.678. The van der Waals surface area contributed by atoms with Gasteiger partial charge in [0.2, 0.25) is 0 Å². The Morgan fingerprint density at radius 3 is 2.71 bits per heavy atom. The van der Waals surface area contributed by atoms with Gasteiger partial charge < -0.3 is 5.11 Å². The van der Waals surface area contributed by atoms with Crippen molar-refractivity contribution in [2.45, 2.75) is 18.9 Å². The molecule has 0 heterocycles. The molecule has 1 aliphatic rings. The number of hydrogen-bond acceptors (Lipinski definition) is 1. The van der Waals surface area contributed by atoms with E-state index in [1.54, 1.807) is 6.08 Å². The highest BCUT2D eigenvalue weighted by Gasteiger charge is 2.20. The SMILES string of the molecule is OC1CCC=C1c1cc(F)ccc1F. The highest BCUT2D eigenvalue weighted by Crippen LogP contribution is 2.30. The predicted octanol–water partition coefficient (Wildman–Crippen LogP) is 2.50. The summed E-state index contributed by atoms with van der Waals surface area (Å²) < 4.78 is 26.1. The molecule has 1 aliphatic carbocycles.